The van der Waals surface area contributed by atoms with Gasteiger partial charge in [0.15, 0.2) is 0 Å². The summed E-state index contributed by atoms with van der Waals surface area (Å²) in [5.74, 6) is 0.0423. The van der Waals surface area contributed by atoms with Crippen LogP contribution in [0.4, 0.5) is 0 Å². The van der Waals surface area contributed by atoms with Crippen LogP contribution in [0.2, 0.25) is 0 Å². The van der Waals surface area contributed by atoms with Gasteiger partial charge >= 0.3 is 5.97 Å². The van der Waals surface area contributed by atoms with E-state index in [-0.39, 0.29) is 5.91 Å². The molecule has 2 N–H and O–H groups in total. The second-order valence-corrected chi connectivity index (χ2v) is 5.15. The number of hydrogen-bond donors (Lipinski definition) is 2. The quantitative estimate of drug-likeness (QED) is 0.830. The maximum absolute atomic E-state index is 12.3. The average molecular weight is 316 g/mol. The molecule has 1 amide bonds. The van der Waals surface area contributed by atoms with Crippen molar-refractivity contribution < 1.29 is 19.1 Å². The molecular formula is C17H20N2O4. The van der Waals surface area contributed by atoms with Crippen LogP contribution in [-0.4, -0.2) is 31.1 Å². The van der Waals surface area contributed by atoms with E-state index in [1.54, 1.807) is 21.0 Å². The number of H-pyrrole nitrogens is 1. The smallest absolute Gasteiger partial charge is 0.339 e. The van der Waals surface area contributed by atoms with E-state index in [1.807, 2.05) is 24.3 Å². The molecule has 6 heteroatoms. The van der Waals surface area contributed by atoms with Crippen LogP contribution in [-0.2, 0) is 11.3 Å². The average Bonchev–Trinajstić information content (AvgIpc) is 2.87. The summed E-state index contributed by atoms with van der Waals surface area (Å²) in [6.45, 7) is 3.84. The van der Waals surface area contributed by atoms with Crippen molar-refractivity contribution in [2.75, 3.05) is 14.2 Å². The lowest BCUT2D eigenvalue weighted by Gasteiger charge is -2.06. The van der Waals surface area contributed by atoms with Crippen molar-refractivity contribution in [2.45, 2.75) is 20.4 Å². The number of aromatic nitrogens is 1. The molecule has 2 aromatic rings. The Balaban J connectivity index is 2.10. The van der Waals surface area contributed by atoms with Crippen molar-refractivity contribution in [1.29, 1.82) is 0 Å². The molecule has 0 saturated heterocycles. The van der Waals surface area contributed by atoms with Gasteiger partial charge in [-0.15, -0.1) is 0 Å². The van der Waals surface area contributed by atoms with Crippen molar-refractivity contribution in [2.24, 2.45) is 0 Å². The molecule has 0 fully saturated rings. The third-order valence-corrected chi connectivity index (χ3v) is 3.67. The van der Waals surface area contributed by atoms with E-state index in [9.17, 15) is 9.59 Å². The number of ether oxygens (including phenoxy) is 2. The summed E-state index contributed by atoms with van der Waals surface area (Å²) in [7, 11) is 2.92. The highest BCUT2D eigenvalue weighted by Gasteiger charge is 2.22. The molecule has 0 unspecified atom stereocenters. The standard InChI is InChI=1S/C17H20N2O4/c1-10-14(17(21)23-4)11(2)19-15(10)16(20)18-9-12-5-7-13(22-3)8-6-12/h5-8,19H,9H2,1-4H3,(H,18,20). The van der Waals surface area contributed by atoms with Crippen LogP contribution in [0.15, 0.2) is 24.3 Å². The van der Waals surface area contributed by atoms with E-state index >= 15 is 0 Å². The molecule has 0 saturated carbocycles. The Kier molecular flexibility index (Phi) is 5.05. The van der Waals surface area contributed by atoms with Gasteiger partial charge in [-0.3, -0.25) is 4.79 Å². The van der Waals surface area contributed by atoms with Gasteiger partial charge in [-0.05, 0) is 37.1 Å². The maximum atomic E-state index is 12.3. The molecule has 0 aliphatic rings. The largest absolute Gasteiger partial charge is 0.497 e. The second-order valence-electron chi connectivity index (χ2n) is 5.15. The number of benzene rings is 1. The van der Waals surface area contributed by atoms with Crippen LogP contribution >= 0.6 is 0 Å². The molecule has 1 aromatic carbocycles. The van der Waals surface area contributed by atoms with E-state index < -0.39 is 5.97 Å². The number of rotatable bonds is 5. The molecular weight excluding hydrogens is 296 g/mol. The number of aryl methyl sites for hydroxylation is 1. The first-order valence-corrected chi connectivity index (χ1v) is 7.16. The van der Waals surface area contributed by atoms with Gasteiger partial charge in [-0.2, -0.15) is 0 Å². The number of methoxy groups -OCH3 is 2. The first-order chi connectivity index (χ1) is 11.0. The molecule has 122 valence electrons. The molecule has 0 atom stereocenters. The third-order valence-electron chi connectivity index (χ3n) is 3.67. The zero-order chi connectivity index (χ0) is 17.0. The molecule has 23 heavy (non-hydrogen) atoms. The van der Waals surface area contributed by atoms with Gasteiger partial charge in [-0.1, -0.05) is 12.1 Å². The summed E-state index contributed by atoms with van der Waals surface area (Å²) >= 11 is 0. The predicted octanol–water partition coefficient (Wildman–Crippen LogP) is 2.36. The van der Waals surface area contributed by atoms with Gasteiger partial charge in [0.1, 0.15) is 11.4 Å². The molecule has 0 bridgehead atoms. The van der Waals surface area contributed by atoms with Crippen LogP contribution in [0.25, 0.3) is 0 Å². The zero-order valence-electron chi connectivity index (χ0n) is 13.6. The van der Waals surface area contributed by atoms with Gasteiger partial charge in [0.2, 0.25) is 0 Å². The van der Waals surface area contributed by atoms with Gasteiger partial charge < -0.3 is 19.8 Å². The van der Waals surface area contributed by atoms with Gasteiger partial charge in [0.05, 0.1) is 19.8 Å². The van der Waals surface area contributed by atoms with Crippen LogP contribution in [0.5, 0.6) is 5.75 Å². The number of amides is 1. The van der Waals surface area contributed by atoms with Crippen LogP contribution in [0.1, 0.15) is 37.7 Å². The number of carbonyl (C=O) groups excluding carboxylic acids is 2. The van der Waals surface area contributed by atoms with E-state index in [0.29, 0.717) is 29.1 Å². The van der Waals surface area contributed by atoms with Gasteiger partial charge in [0, 0.05) is 12.2 Å². The lowest BCUT2D eigenvalue weighted by atomic mass is 10.1. The monoisotopic (exact) mass is 316 g/mol. The highest BCUT2D eigenvalue weighted by molar-refractivity contribution is 6.00. The number of nitrogens with one attached hydrogen (secondary N) is 2. The number of hydrogen-bond acceptors (Lipinski definition) is 4. The Hall–Kier alpha value is -2.76. The minimum Gasteiger partial charge on any atom is -0.497 e. The lowest BCUT2D eigenvalue weighted by Crippen LogP contribution is -2.24. The Morgan fingerprint density at radius 1 is 1.13 bits per heavy atom. The summed E-state index contributed by atoms with van der Waals surface area (Å²) in [6, 6.07) is 7.43. The first-order valence-electron chi connectivity index (χ1n) is 7.16. The molecule has 0 radical (unpaired) electrons. The summed E-state index contributed by atoms with van der Waals surface area (Å²) in [5.41, 5.74) is 2.93. The van der Waals surface area contributed by atoms with Gasteiger partial charge in [0.25, 0.3) is 5.91 Å². The minimum absolute atomic E-state index is 0.267. The maximum Gasteiger partial charge on any atom is 0.339 e. The SMILES string of the molecule is COC(=O)c1c(C)[nH]c(C(=O)NCc2ccc(OC)cc2)c1C. The van der Waals surface area contributed by atoms with Crippen molar-refractivity contribution in [3.05, 3.63) is 52.3 Å². The summed E-state index contributed by atoms with van der Waals surface area (Å²) < 4.78 is 9.83. The van der Waals surface area contributed by atoms with Crippen molar-refractivity contribution >= 4 is 11.9 Å². The fraction of sp³-hybridized carbons (Fsp3) is 0.294. The Bertz CT molecular complexity index is 717. The number of carbonyl (C=O) groups is 2. The molecule has 0 aliphatic heterocycles. The first kappa shape index (κ1) is 16.6. The number of esters is 1. The molecule has 6 nitrogen and oxygen atoms in total. The highest BCUT2D eigenvalue weighted by atomic mass is 16.5. The summed E-state index contributed by atoms with van der Waals surface area (Å²) in [6.07, 6.45) is 0. The lowest BCUT2D eigenvalue weighted by molar-refractivity contribution is 0.0599. The van der Waals surface area contributed by atoms with Crippen molar-refractivity contribution in [3.8, 4) is 5.75 Å². The van der Waals surface area contributed by atoms with Crippen molar-refractivity contribution in [1.82, 2.24) is 10.3 Å². The van der Waals surface area contributed by atoms with Crippen LogP contribution < -0.4 is 10.1 Å². The van der Waals surface area contributed by atoms with E-state index in [4.69, 9.17) is 9.47 Å². The number of aromatic amines is 1. The molecule has 2 rings (SSSR count). The van der Waals surface area contributed by atoms with Crippen LogP contribution in [0, 0.1) is 13.8 Å². The Labute approximate surface area is 134 Å². The van der Waals surface area contributed by atoms with E-state index in [1.165, 1.54) is 7.11 Å². The Morgan fingerprint density at radius 3 is 2.35 bits per heavy atom. The second kappa shape index (κ2) is 7.00. The normalized spacial score (nSPS) is 10.3. The molecule has 1 aromatic heterocycles. The Morgan fingerprint density at radius 2 is 1.78 bits per heavy atom. The predicted molar refractivity (Wildman–Crippen MR) is 85.8 cm³/mol. The highest BCUT2D eigenvalue weighted by Crippen LogP contribution is 2.19. The minimum atomic E-state index is -0.453. The topological polar surface area (TPSA) is 80.4 Å². The molecule has 0 spiro atoms. The van der Waals surface area contributed by atoms with Crippen molar-refractivity contribution in [3.63, 3.8) is 0 Å². The zero-order valence-corrected chi connectivity index (χ0v) is 13.6. The summed E-state index contributed by atoms with van der Waals surface area (Å²) in [4.78, 5) is 27.0. The van der Waals surface area contributed by atoms with Crippen LogP contribution in [0.3, 0.4) is 0 Å². The molecule has 0 aliphatic carbocycles. The molecule has 1 heterocycles. The van der Waals surface area contributed by atoms with Gasteiger partial charge in [-0.25, -0.2) is 4.79 Å². The third kappa shape index (κ3) is 3.53. The summed E-state index contributed by atoms with van der Waals surface area (Å²) in [5, 5.41) is 2.83. The van der Waals surface area contributed by atoms with E-state index in [0.717, 1.165) is 11.3 Å². The fourth-order valence-electron chi connectivity index (χ4n) is 2.40. The fourth-order valence-corrected chi connectivity index (χ4v) is 2.40. The van der Waals surface area contributed by atoms with E-state index in [2.05, 4.69) is 10.3 Å².